The largest absolute Gasteiger partial charge is 0.456 e. The van der Waals surface area contributed by atoms with Crippen LogP contribution in [0.3, 0.4) is 0 Å². The third-order valence-corrected chi connectivity index (χ3v) is 5.61. The van der Waals surface area contributed by atoms with Gasteiger partial charge in [0.25, 0.3) is 0 Å². The molecule has 0 unspecified atom stereocenters. The molecule has 2 rings (SSSR count). The van der Waals surface area contributed by atoms with E-state index in [2.05, 4.69) is 32.2 Å². The molecule has 128 valence electrons. The van der Waals surface area contributed by atoms with Crippen LogP contribution in [0.25, 0.3) is 0 Å². The summed E-state index contributed by atoms with van der Waals surface area (Å²) in [6.07, 6.45) is 12.5. The summed E-state index contributed by atoms with van der Waals surface area (Å²) in [5.74, 6) is 0.534. The standard InChI is InChI=1S/C20H30O3/c1-6-9-12-18-16(10-7-2)13-20(22-15(4)21)14-17(11-8-3)23-19(18,20)5/h6-9,16-18H,2-3,10-14H2,1,4-5H3/b9-6-/t16-,17-,18-,19-,20+/m1/s1. The fourth-order valence-electron chi connectivity index (χ4n) is 4.73. The number of allylic oxidation sites excluding steroid dienone is 3. The molecule has 3 nitrogen and oxygen atoms in total. The summed E-state index contributed by atoms with van der Waals surface area (Å²) in [6, 6.07) is 0. The van der Waals surface area contributed by atoms with Gasteiger partial charge in [-0.1, -0.05) is 24.3 Å². The molecule has 0 aromatic carbocycles. The Morgan fingerprint density at radius 1 is 1.26 bits per heavy atom. The molecule has 0 spiro atoms. The maximum atomic E-state index is 11.8. The normalized spacial score (nSPS) is 39.3. The Morgan fingerprint density at radius 3 is 2.52 bits per heavy atom. The van der Waals surface area contributed by atoms with Gasteiger partial charge in [-0.2, -0.15) is 0 Å². The minimum atomic E-state index is -0.521. The van der Waals surface area contributed by atoms with E-state index in [1.54, 1.807) is 0 Å². The van der Waals surface area contributed by atoms with Gasteiger partial charge in [-0.15, -0.1) is 13.2 Å². The Morgan fingerprint density at radius 2 is 1.96 bits per heavy atom. The molecule has 0 N–H and O–H groups in total. The third kappa shape index (κ3) is 3.16. The van der Waals surface area contributed by atoms with Crippen molar-refractivity contribution in [3.05, 3.63) is 37.5 Å². The van der Waals surface area contributed by atoms with Gasteiger partial charge >= 0.3 is 5.97 Å². The zero-order chi connectivity index (χ0) is 17.1. The monoisotopic (exact) mass is 318 g/mol. The highest BCUT2D eigenvalue weighted by molar-refractivity contribution is 5.67. The topological polar surface area (TPSA) is 35.5 Å². The number of ether oxygens (including phenoxy) is 2. The van der Waals surface area contributed by atoms with Crippen LogP contribution in [0.4, 0.5) is 0 Å². The predicted molar refractivity (Wildman–Crippen MR) is 93.0 cm³/mol. The fraction of sp³-hybridized carbons (Fsp3) is 0.650. The van der Waals surface area contributed by atoms with Crippen molar-refractivity contribution in [1.82, 2.24) is 0 Å². The van der Waals surface area contributed by atoms with Crippen LogP contribution in [0.5, 0.6) is 0 Å². The van der Waals surface area contributed by atoms with Crippen LogP contribution in [-0.2, 0) is 14.3 Å². The highest BCUT2D eigenvalue weighted by atomic mass is 16.6. The molecule has 5 atom stereocenters. The maximum absolute atomic E-state index is 11.8. The van der Waals surface area contributed by atoms with Crippen LogP contribution in [0.15, 0.2) is 37.5 Å². The van der Waals surface area contributed by atoms with Crippen LogP contribution in [0, 0.1) is 11.8 Å². The average Bonchev–Trinajstić information content (AvgIpc) is 2.82. The Kier molecular flexibility index (Phi) is 5.51. The van der Waals surface area contributed by atoms with Crippen molar-refractivity contribution in [2.75, 3.05) is 0 Å². The van der Waals surface area contributed by atoms with Gasteiger partial charge < -0.3 is 9.47 Å². The van der Waals surface area contributed by atoms with Crippen molar-refractivity contribution >= 4 is 5.97 Å². The molecular formula is C20H30O3. The van der Waals surface area contributed by atoms with E-state index in [-0.39, 0.29) is 12.1 Å². The van der Waals surface area contributed by atoms with E-state index in [0.717, 1.165) is 32.1 Å². The molecule has 1 saturated heterocycles. The summed E-state index contributed by atoms with van der Waals surface area (Å²) in [5.41, 5.74) is -0.966. The lowest BCUT2D eigenvalue weighted by Gasteiger charge is -2.39. The average molecular weight is 318 g/mol. The Hall–Kier alpha value is -1.35. The van der Waals surface area contributed by atoms with E-state index in [4.69, 9.17) is 9.47 Å². The van der Waals surface area contributed by atoms with E-state index in [1.165, 1.54) is 6.92 Å². The zero-order valence-corrected chi connectivity index (χ0v) is 14.7. The van der Waals surface area contributed by atoms with Crippen molar-refractivity contribution in [2.24, 2.45) is 11.8 Å². The lowest BCUT2D eigenvalue weighted by molar-refractivity contribution is -0.177. The molecule has 0 aromatic heterocycles. The third-order valence-electron chi connectivity index (χ3n) is 5.61. The molecular weight excluding hydrogens is 288 g/mol. The minimum Gasteiger partial charge on any atom is -0.456 e. The first kappa shape index (κ1) is 18.0. The van der Waals surface area contributed by atoms with Crippen molar-refractivity contribution in [3.63, 3.8) is 0 Å². The molecule has 1 saturated carbocycles. The predicted octanol–water partition coefficient (Wildman–Crippen LogP) is 4.59. The van der Waals surface area contributed by atoms with E-state index in [0.29, 0.717) is 11.8 Å². The highest BCUT2D eigenvalue weighted by Gasteiger charge is 2.68. The van der Waals surface area contributed by atoms with Crippen molar-refractivity contribution in [2.45, 2.75) is 70.2 Å². The molecule has 1 aliphatic carbocycles. The van der Waals surface area contributed by atoms with Gasteiger partial charge in [0.2, 0.25) is 0 Å². The molecule has 0 bridgehead atoms. The lowest BCUT2D eigenvalue weighted by Crippen LogP contribution is -2.50. The first-order valence-electron chi connectivity index (χ1n) is 8.62. The second-order valence-electron chi connectivity index (χ2n) is 7.06. The number of hydrogen-bond donors (Lipinski definition) is 0. The molecule has 1 heterocycles. The van der Waals surface area contributed by atoms with E-state index in [1.807, 2.05) is 19.1 Å². The summed E-state index contributed by atoms with van der Waals surface area (Å²) < 4.78 is 12.4. The number of hydrogen-bond acceptors (Lipinski definition) is 3. The van der Waals surface area contributed by atoms with E-state index in [9.17, 15) is 4.79 Å². The molecule has 0 amide bonds. The summed E-state index contributed by atoms with van der Waals surface area (Å²) in [7, 11) is 0. The summed E-state index contributed by atoms with van der Waals surface area (Å²) >= 11 is 0. The SMILES string of the molecule is C=CC[C@@H]1C[C@@]2(OC(C)=O)C[C@@H](CC=C)[C@@H](C/C=C\C)[C@@]2(C)O1. The fourth-order valence-corrected chi connectivity index (χ4v) is 4.73. The molecule has 1 aliphatic heterocycles. The first-order valence-corrected chi connectivity index (χ1v) is 8.62. The molecule has 3 heteroatoms. The smallest absolute Gasteiger partial charge is 0.303 e. The number of fused-ring (bicyclic) bond motifs is 1. The molecule has 23 heavy (non-hydrogen) atoms. The quantitative estimate of drug-likeness (QED) is 0.509. The van der Waals surface area contributed by atoms with Gasteiger partial charge in [0.15, 0.2) is 0 Å². The lowest BCUT2D eigenvalue weighted by atomic mass is 9.79. The molecule has 0 aromatic rings. The Bertz CT molecular complexity index is 495. The van der Waals surface area contributed by atoms with Gasteiger partial charge in [-0.05, 0) is 51.4 Å². The van der Waals surface area contributed by atoms with Crippen molar-refractivity contribution in [1.29, 1.82) is 0 Å². The highest BCUT2D eigenvalue weighted by Crippen LogP contribution is 2.60. The number of carbonyl (C=O) groups is 1. The molecule has 2 aliphatic rings. The van der Waals surface area contributed by atoms with Crippen LogP contribution < -0.4 is 0 Å². The van der Waals surface area contributed by atoms with Gasteiger partial charge in [-0.25, -0.2) is 0 Å². The van der Waals surface area contributed by atoms with Crippen LogP contribution in [0.2, 0.25) is 0 Å². The maximum Gasteiger partial charge on any atom is 0.303 e. The van der Waals surface area contributed by atoms with Crippen molar-refractivity contribution in [3.8, 4) is 0 Å². The summed E-state index contributed by atoms with van der Waals surface area (Å²) in [4.78, 5) is 11.8. The van der Waals surface area contributed by atoms with E-state index >= 15 is 0 Å². The molecule has 2 fully saturated rings. The van der Waals surface area contributed by atoms with Crippen molar-refractivity contribution < 1.29 is 14.3 Å². The van der Waals surface area contributed by atoms with Crippen LogP contribution >= 0.6 is 0 Å². The second kappa shape index (κ2) is 7.04. The Labute approximate surface area is 140 Å². The van der Waals surface area contributed by atoms with Gasteiger partial charge in [0.05, 0.1) is 6.10 Å². The number of carbonyl (C=O) groups excluding carboxylic acids is 1. The van der Waals surface area contributed by atoms with Crippen LogP contribution in [0.1, 0.15) is 52.9 Å². The van der Waals surface area contributed by atoms with Gasteiger partial charge in [0, 0.05) is 13.3 Å². The van der Waals surface area contributed by atoms with Crippen LogP contribution in [-0.4, -0.2) is 23.3 Å². The van der Waals surface area contributed by atoms with E-state index < -0.39 is 11.2 Å². The first-order chi connectivity index (χ1) is 10.9. The van der Waals surface area contributed by atoms with Gasteiger partial charge in [-0.3, -0.25) is 4.79 Å². The zero-order valence-electron chi connectivity index (χ0n) is 14.7. The number of rotatable bonds is 7. The summed E-state index contributed by atoms with van der Waals surface area (Å²) in [5, 5.41) is 0. The Balaban J connectivity index is 2.38. The molecule has 0 radical (unpaired) electrons. The number of esters is 1. The second-order valence-corrected chi connectivity index (χ2v) is 7.06. The van der Waals surface area contributed by atoms with Gasteiger partial charge in [0.1, 0.15) is 11.2 Å². The minimum absolute atomic E-state index is 0.0784. The summed E-state index contributed by atoms with van der Waals surface area (Å²) in [6.45, 7) is 13.4.